The molecule has 2 N–H and O–H groups in total. The molecular weight excluding hydrogens is 349 g/mol. The van der Waals surface area contributed by atoms with E-state index in [-0.39, 0.29) is 17.9 Å². The molecule has 0 radical (unpaired) electrons. The largest absolute Gasteiger partial charge is 0.507 e. The Morgan fingerprint density at radius 2 is 2.17 bits per heavy atom. The van der Waals surface area contributed by atoms with E-state index in [1.165, 1.54) is 13.0 Å². The second kappa shape index (κ2) is 6.58. The molecule has 18 heavy (non-hydrogen) atoms. The molecule has 1 amide bonds. The van der Waals surface area contributed by atoms with Crippen molar-refractivity contribution in [3.63, 3.8) is 0 Å². The van der Waals surface area contributed by atoms with Gasteiger partial charge in [-0.3, -0.25) is 4.79 Å². The van der Waals surface area contributed by atoms with Crippen LogP contribution in [-0.2, 0) is 9.53 Å². The van der Waals surface area contributed by atoms with Gasteiger partial charge in [-0.25, -0.2) is 4.79 Å². The quantitative estimate of drug-likeness (QED) is 0.631. The third-order valence-electron chi connectivity index (χ3n) is 2.19. The van der Waals surface area contributed by atoms with Crippen LogP contribution >= 0.6 is 22.6 Å². The zero-order valence-electron chi connectivity index (χ0n) is 10.1. The van der Waals surface area contributed by atoms with Crippen molar-refractivity contribution >= 4 is 34.5 Å². The third-order valence-corrected chi connectivity index (χ3v) is 2.86. The molecule has 0 spiro atoms. The van der Waals surface area contributed by atoms with Crippen LogP contribution in [0.15, 0.2) is 18.2 Å². The average molecular weight is 363 g/mol. The summed E-state index contributed by atoms with van der Waals surface area (Å²) >= 11 is 2.03. The Morgan fingerprint density at radius 3 is 2.78 bits per heavy atom. The highest BCUT2D eigenvalue weighted by molar-refractivity contribution is 14.1. The van der Waals surface area contributed by atoms with Crippen LogP contribution in [0.2, 0.25) is 0 Å². The summed E-state index contributed by atoms with van der Waals surface area (Å²) in [6, 6.07) is 3.91. The molecule has 0 saturated heterocycles. The third kappa shape index (κ3) is 3.86. The van der Waals surface area contributed by atoms with E-state index in [9.17, 15) is 14.7 Å². The zero-order chi connectivity index (χ0) is 13.7. The molecule has 1 rings (SSSR count). The fourth-order valence-corrected chi connectivity index (χ4v) is 1.78. The summed E-state index contributed by atoms with van der Waals surface area (Å²) in [5.74, 6) is -1.13. The topological polar surface area (TPSA) is 75.6 Å². The van der Waals surface area contributed by atoms with Crippen molar-refractivity contribution in [1.29, 1.82) is 0 Å². The van der Waals surface area contributed by atoms with E-state index in [0.29, 0.717) is 0 Å². The smallest absolute Gasteiger partial charge is 0.328 e. The molecule has 0 saturated carbocycles. The number of rotatable bonds is 4. The maximum absolute atomic E-state index is 11.9. The summed E-state index contributed by atoms with van der Waals surface area (Å²) in [4.78, 5) is 23.2. The number of hydrogen-bond donors (Lipinski definition) is 2. The number of halogens is 1. The van der Waals surface area contributed by atoms with Crippen molar-refractivity contribution in [3.05, 3.63) is 27.3 Å². The van der Waals surface area contributed by atoms with Crippen LogP contribution in [-0.4, -0.2) is 29.6 Å². The highest BCUT2D eigenvalue weighted by Crippen LogP contribution is 2.19. The molecule has 0 fully saturated rings. The molecule has 5 nitrogen and oxygen atoms in total. The van der Waals surface area contributed by atoms with E-state index < -0.39 is 17.9 Å². The van der Waals surface area contributed by atoms with Gasteiger partial charge in [-0.2, -0.15) is 0 Å². The number of hydrogen-bond acceptors (Lipinski definition) is 4. The summed E-state index contributed by atoms with van der Waals surface area (Å²) in [5, 5.41) is 12.1. The molecule has 98 valence electrons. The first kappa shape index (κ1) is 14.7. The van der Waals surface area contributed by atoms with Gasteiger partial charge >= 0.3 is 5.97 Å². The van der Waals surface area contributed by atoms with Crippen LogP contribution < -0.4 is 5.32 Å². The molecule has 1 aromatic carbocycles. The van der Waals surface area contributed by atoms with Gasteiger partial charge in [0.2, 0.25) is 0 Å². The number of aromatic hydroxyl groups is 1. The Bertz CT molecular complexity index is 461. The minimum Gasteiger partial charge on any atom is -0.507 e. The number of phenols is 1. The van der Waals surface area contributed by atoms with Crippen LogP contribution in [0.4, 0.5) is 0 Å². The molecule has 1 aromatic rings. The van der Waals surface area contributed by atoms with Gasteiger partial charge in [-0.05, 0) is 54.6 Å². The molecule has 6 heteroatoms. The lowest BCUT2D eigenvalue weighted by Crippen LogP contribution is -2.39. The summed E-state index contributed by atoms with van der Waals surface area (Å²) in [6.45, 7) is 3.48. The Kier molecular flexibility index (Phi) is 5.39. The highest BCUT2D eigenvalue weighted by Gasteiger charge is 2.19. The lowest BCUT2D eigenvalue weighted by molar-refractivity contribution is -0.144. The van der Waals surface area contributed by atoms with Gasteiger partial charge < -0.3 is 15.2 Å². The molecule has 0 heterocycles. The number of carbonyl (C=O) groups is 2. The maximum atomic E-state index is 11.9. The summed E-state index contributed by atoms with van der Waals surface area (Å²) in [6.07, 6.45) is 0. The Morgan fingerprint density at radius 1 is 1.50 bits per heavy atom. The first-order valence-corrected chi connectivity index (χ1v) is 6.49. The normalized spacial score (nSPS) is 11.7. The van der Waals surface area contributed by atoms with Crippen molar-refractivity contribution in [2.75, 3.05) is 6.61 Å². The number of esters is 1. The minimum atomic E-state index is -0.755. The van der Waals surface area contributed by atoms with Gasteiger partial charge in [-0.1, -0.05) is 0 Å². The molecular formula is C12H14INO4. The van der Waals surface area contributed by atoms with Gasteiger partial charge in [0.15, 0.2) is 0 Å². The predicted octanol–water partition coefficient (Wildman–Crippen LogP) is 1.68. The highest BCUT2D eigenvalue weighted by atomic mass is 127. The Hall–Kier alpha value is -1.31. The second-order valence-electron chi connectivity index (χ2n) is 3.61. The molecule has 1 atom stereocenters. The first-order valence-electron chi connectivity index (χ1n) is 5.41. The van der Waals surface area contributed by atoms with Crippen LogP contribution in [0.3, 0.4) is 0 Å². The molecule has 0 aliphatic rings. The lowest BCUT2D eigenvalue weighted by atomic mass is 10.2. The predicted molar refractivity (Wildman–Crippen MR) is 74.4 cm³/mol. The number of nitrogens with one attached hydrogen (secondary N) is 1. The first-order chi connectivity index (χ1) is 8.45. The number of ether oxygens (including phenoxy) is 1. The zero-order valence-corrected chi connectivity index (χ0v) is 12.2. The molecule has 1 unspecified atom stereocenters. The maximum Gasteiger partial charge on any atom is 0.328 e. The number of amides is 1. The van der Waals surface area contributed by atoms with Gasteiger partial charge in [0.05, 0.1) is 12.2 Å². The Balaban J connectivity index is 2.76. The monoisotopic (exact) mass is 363 g/mol. The summed E-state index contributed by atoms with van der Waals surface area (Å²) in [7, 11) is 0. The number of benzene rings is 1. The van der Waals surface area contributed by atoms with Crippen LogP contribution in [0.5, 0.6) is 5.75 Å². The molecule has 0 aliphatic heterocycles. The SMILES string of the molecule is CCOC(=O)C(C)NC(=O)c1cc(I)ccc1O. The van der Waals surface area contributed by atoms with E-state index in [4.69, 9.17) is 4.74 Å². The fourth-order valence-electron chi connectivity index (χ4n) is 1.29. The van der Waals surface area contributed by atoms with Gasteiger partial charge in [-0.15, -0.1) is 0 Å². The van der Waals surface area contributed by atoms with Crippen LogP contribution in [0.25, 0.3) is 0 Å². The van der Waals surface area contributed by atoms with Crippen molar-refractivity contribution in [1.82, 2.24) is 5.32 Å². The van der Waals surface area contributed by atoms with E-state index in [1.54, 1.807) is 19.1 Å². The fraction of sp³-hybridized carbons (Fsp3) is 0.333. The van der Waals surface area contributed by atoms with E-state index >= 15 is 0 Å². The van der Waals surface area contributed by atoms with Gasteiger partial charge in [0.1, 0.15) is 11.8 Å². The number of phenolic OH excluding ortho intramolecular Hbond substituents is 1. The Labute approximate surface area is 119 Å². The van der Waals surface area contributed by atoms with Crippen molar-refractivity contribution in [2.45, 2.75) is 19.9 Å². The minimum absolute atomic E-state index is 0.121. The van der Waals surface area contributed by atoms with Crippen molar-refractivity contribution < 1.29 is 19.4 Å². The summed E-state index contributed by atoms with van der Waals surface area (Å²) < 4.78 is 5.60. The number of carbonyl (C=O) groups excluding carboxylic acids is 2. The van der Waals surface area contributed by atoms with E-state index in [1.807, 2.05) is 22.6 Å². The van der Waals surface area contributed by atoms with E-state index in [0.717, 1.165) is 3.57 Å². The average Bonchev–Trinajstić information content (AvgIpc) is 2.32. The van der Waals surface area contributed by atoms with E-state index in [2.05, 4.69) is 5.32 Å². The molecule has 0 aliphatic carbocycles. The standard InChI is InChI=1S/C12H14INO4/c1-3-18-12(17)7(2)14-11(16)9-6-8(13)4-5-10(9)15/h4-7,15H,3H2,1-2H3,(H,14,16). The molecule has 0 bridgehead atoms. The van der Waals surface area contributed by atoms with Crippen molar-refractivity contribution in [2.24, 2.45) is 0 Å². The van der Waals surface area contributed by atoms with Gasteiger partial charge in [0.25, 0.3) is 5.91 Å². The molecule has 0 aromatic heterocycles. The van der Waals surface area contributed by atoms with Crippen LogP contribution in [0.1, 0.15) is 24.2 Å². The van der Waals surface area contributed by atoms with Gasteiger partial charge in [0, 0.05) is 3.57 Å². The second-order valence-corrected chi connectivity index (χ2v) is 4.85. The lowest BCUT2D eigenvalue weighted by Gasteiger charge is -2.13. The van der Waals surface area contributed by atoms with Crippen molar-refractivity contribution in [3.8, 4) is 5.75 Å². The van der Waals surface area contributed by atoms with Crippen LogP contribution in [0, 0.1) is 3.57 Å². The summed E-state index contributed by atoms with van der Waals surface area (Å²) in [5.41, 5.74) is 0.137.